The van der Waals surface area contributed by atoms with Gasteiger partial charge in [0, 0.05) is 0 Å². The second kappa shape index (κ2) is 7.47. The summed E-state index contributed by atoms with van der Waals surface area (Å²) in [6.45, 7) is 0. The molecule has 18 heavy (non-hydrogen) atoms. The molecule has 0 amide bonds. The second-order valence-electron chi connectivity index (χ2n) is 5.44. The Kier molecular flexibility index (Phi) is 6.96. The third-order valence-corrected chi connectivity index (χ3v) is 7.69. The predicted molar refractivity (Wildman–Crippen MR) is 79.4 cm³/mol. The van der Waals surface area contributed by atoms with E-state index in [1.165, 1.54) is 19.0 Å². The van der Waals surface area contributed by atoms with Crippen LogP contribution in [0.4, 0.5) is 0 Å². The van der Waals surface area contributed by atoms with Crippen molar-refractivity contribution < 1.29 is 19.8 Å². The molecular formula is C12H28O4P2. The number of hydrogen-bond donors (Lipinski definition) is 4. The zero-order valence-corrected chi connectivity index (χ0v) is 13.0. The minimum atomic E-state index is -4.81. The molecule has 6 heteroatoms. The van der Waals surface area contributed by atoms with E-state index in [1.54, 1.807) is 0 Å². The van der Waals surface area contributed by atoms with Gasteiger partial charge in [0.25, 0.3) is 0 Å². The van der Waals surface area contributed by atoms with E-state index in [0.29, 0.717) is 12.8 Å². The molecule has 0 saturated carbocycles. The summed E-state index contributed by atoms with van der Waals surface area (Å²) >= 11 is 0. The molecule has 1 aliphatic rings. The standard InChI is InChI=1S/C12H28O4P2/c13-12-8-4-6-10-17-9-5-2-1-3-7-11-18(12,14,15)16/h12-17H,1-11H2. The number of rotatable bonds is 0. The first kappa shape index (κ1) is 16.8. The number of aliphatic hydroxyl groups excluding tert-OH is 1. The summed E-state index contributed by atoms with van der Waals surface area (Å²) < 4.78 is 0. The van der Waals surface area contributed by atoms with E-state index in [4.69, 9.17) is 0 Å². The monoisotopic (exact) mass is 298 g/mol. The van der Waals surface area contributed by atoms with E-state index in [2.05, 4.69) is 0 Å². The molecule has 4 nitrogen and oxygen atoms in total. The molecule has 0 radical (unpaired) electrons. The summed E-state index contributed by atoms with van der Waals surface area (Å²) in [6.07, 6.45) is 9.49. The van der Waals surface area contributed by atoms with E-state index in [0.717, 1.165) is 40.4 Å². The first-order valence-corrected chi connectivity index (χ1v) is 10.8. The van der Waals surface area contributed by atoms with Crippen LogP contribution in [0.15, 0.2) is 0 Å². The average Bonchev–Trinajstić information content (AvgIpc) is 2.28. The maximum atomic E-state index is 9.91. The van der Waals surface area contributed by atoms with Gasteiger partial charge in [-0.05, 0) is 0 Å². The fourth-order valence-corrected chi connectivity index (χ4v) is 5.40. The Bertz CT molecular complexity index is 240. The summed E-state index contributed by atoms with van der Waals surface area (Å²) in [6, 6.07) is 0. The average molecular weight is 298 g/mol. The Morgan fingerprint density at radius 1 is 0.778 bits per heavy atom. The summed E-state index contributed by atoms with van der Waals surface area (Å²) in [5, 5.41) is 9.82. The Balaban J connectivity index is 2.49. The Labute approximate surface area is 112 Å². The van der Waals surface area contributed by atoms with E-state index in [1.807, 2.05) is 0 Å². The second-order valence-corrected chi connectivity index (χ2v) is 10.4. The quantitative estimate of drug-likeness (QED) is 0.518. The van der Waals surface area contributed by atoms with Crippen molar-refractivity contribution in [2.45, 2.75) is 57.2 Å². The van der Waals surface area contributed by atoms with E-state index in [-0.39, 0.29) is 6.16 Å². The third kappa shape index (κ3) is 6.23. The number of hydrogen-bond acceptors (Lipinski definition) is 4. The van der Waals surface area contributed by atoms with Crippen LogP contribution in [-0.2, 0) is 0 Å². The molecule has 1 rings (SSSR count). The molecule has 0 bridgehead atoms. The molecule has 0 aromatic carbocycles. The van der Waals surface area contributed by atoms with Gasteiger partial charge in [-0.3, -0.25) is 0 Å². The van der Waals surface area contributed by atoms with Crippen molar-refractivity contribution in [3.63, 3.8) is 0 Å². The molecule has 1 heterocycles. The predicted octanol–water partition coefficient (Wildman–Crippen LogP) is 2.39. The van der Waals surface area contributed by atoms with Crippen LogP contribution in [-0.4, -0.2) is 44.1 Å². The van der Waals surface area contributed by atoms with Crippen molar-refractivity contribution in [3.8, 4) is 0 Å². The topological polar surface area (TPSA) is 80.9 Å². The van der Waals surface area contributed by atoms with Gasteiger partial charge in [-0.2, -0.15) is 0 Å². The van der Waals surface area contributed by atoms with Crippen LogP contribution in [0.5, 0.6) is 0 Å². The van der Waals surface area contributed by atoms with Crippen LogP contribution in [0.1, 0.15) is 51.4 Å². The molecule has 4 N–H and O–H groups in total. The zero-order valence-electron chi connectivity index (χ0n) is 11.1. The van der Waals surface area contributed by atoms with Gasteiger partial charge >= 0.3 is 111 Å². The Morgan fingerprint density at radius 3 is 2.06 bits per heavy atom. The van der Waals surface area contributed by atoms with Crippen LogP contribution >= 0.6 is 15.9 Å². The van der Waals surface area contributed by atoms with Crippen molar-refractivity contribution >= 4 is 15.9 Å². The normalized spacial score (nSPS) is 35.1. The Morgan fingerprint density at radius 2 is 1.33 bits per heavy atom. The molecule has 110 valence electrons. The first-order chi connectivity index (χ1) is 8.40. The van der Waals surface area contributed by atoms with Crippen molar-refractivity contribution in [1.29, 1.82) is 0 Å². The van der Waals surface area contributed by atoms with Crippen LogP contribution in [0.3, 0.4) is 0 Å². The minimum absolute atomic E-state index is 0.0471. The first-order valence-electron chi connectivity index (χ1n) is 7.05. The van der Waals surface area contributed by atoms with E-state index in [9.17, 15) is 19.8 Å². The molecule has 1 aliphatic heterocycles. The molecule has 2 atom stereocenters. The van der Waals surface area contributed by atoms with Crippen LogP contribution in [0, 0.1) is 0 Å². The van der Waals surface area contributed by atoms with Gasteiger partial charge in [0.2, 0.25) is 0 Å². The zero-order chi connectivity index (χ0) is 13.5. The fourth-order valence-electron chi connectivity index (χ4n) is 2.31. The Hall–Kier alpha value is 0.700. The third-order valence-electron chi connectivity index (χ3n) is 3.62. The van der Waals surface area contributed by atoms with Crippen molar-refractivity contribution in [1.82, 2.24) is 0 Å². The summed E-state index contributed by atoms with van der Waals surface area (Å²) in [7, 11) is -3.83. The maximum absolute atomic E-state index is 9.91. The van der Waals surface area contributed by atoms with Crippen LogP contribution < -0.4 is 0 Å². The molecule has 0 aromatic rings. The van der Waals surface area contributed by atoms with Crippen molar-refractivity contribution in [3.05, 3.63) is 0 Å². The molecule has 0 aliphatic carbocycles. The van der Waals surface area contributed by atoms with Crippen LogP contribution in [0.25, 0.3) is 0 Å². The van der Waals surface area contributed by atoms with E-state index < -0.39 is 13.1 Å². The molecule has 0 aromatic heterocycles. The van der Waals surface area contributed by atoms with Gasteiger partial charge in [0.15, 0.2) is 0 Å². The molecular weight excluding hydrogens is 270 g/mol. The number of aliphatic hydroxyl groups is 1. The van der Waals surface area contributed by atoms with Gasteiger partial charge in [-0.25, -0.2) is 0 Å². The molecule has 1 saturated heterocycles. The van der Waals surface area contributed by atoms with Gasteiger partial charge < -0.3 is 0 Å². The van der Waals surface area contributed by atoms with Crippen LogP contribution in [0.2, 0.25) is 0 Å². The molecule has 0 spiro atoms. The van der Waals surface area contributed by atoms with Gasteiger partial charge in [0.1, 0.15) is 0 Å². The fraction of sp³-hybridized carbons (Fsp3) is 1.00. The van der Waals surface area contributed by atoms with Gasteiger partial charge in [-0.15, -0.1) is 0 Å². The summed E-state index contributed by atoms with van der Waals surface area (Å²) in [5.74, 6) is -1.35. The van der Waals surface area contributed by atoms with Crippen molar-refractivity contribution in [2.75, 3.05) is 18.5 Å². The summed E-state index contributed by atoms with van der Waals surface area (Å²) in [5.41, 5.74) is 0. The van der Waals surface area contributed by atoms with Crippen molar-refractivity contribution in [2.24, 2.45) is 0 Å². The van der Waals surface area contributed by atoms with Gasteiger partial charge in [0.05, 0.1) is 0 Å². The van der Waals surface area contributed by atoms with Gasteiger partial charge in [-0.1, -0.05) is 0 Å². The van der Waals surface area contributed by atoms with E-state index >= 15 is 0 Å². The SMILES string of the molecule is OC1CCCCPCCCCCCCP1(O)(O)O. The summed E-state index contributed by atoms with van der Waals surface area (Å²) in [4.78, 5) is 29.7. The molecule has 2 unspecified atom stereocenters. The molecule has 1 fully saturated rings.